The second-order valence-corrected chi connectivity index (χ2v) is 6.44. The van der Waals surface area contributed by atoms with E-state index < -0.39 is 0 Å². The molecule has 0 fully saturated rings. The van der Waals surface area contributed by atoms with Gasteiger partial charge in [-0.1, -0.05) is 57.2 Å². The molecule has 0 heterocycles. The van der Waals surface area contributed by atoms with Gasteiger partial charge in [-0.05, 0) is 52.6 Å². The van der Waals surface area contributed by atoms with Crippen molar-refractivity contribution in [2.45, 2.75) is 34.3 Å². The van der Waals surface area contributed by atoms with Gasteiger partial charge >= 0.3 is 0 Å². The van der Waals surface area contributed by atoms with Gasteiger partial charge in [-0.15, -0.1) is 0 Å². The highest BCUT2D eigenvalue weighted by Crippen LogP contribution is 2.29. The summed E-state index contributed by atoms with van der Waals surface area (Å²) in [5.74, 6) is 0. The first-order valence-electron chi connectivity index (χ1n) is 7.06. The summed E-state index contributed by atoms with van der Waals surface area (Å²) in [4.78, 5) is 0. The molecule has 1 N–H and O–H groups in total. The third-order valence-electron chi connectivity index (χ3n) is 3.31. The Labute approximate surface area is 122 Å². The van der Waals surface area contributed by atoms with E-state index in [1.807, 2.05) is 18.2 Å². The first-order chi connectivity index (χ1) is 9.39. The molecule has 1 heteroatoms. The molecule has 0 spiro atoms. The lowest BCUT2D eigenvalue weighted by Gasteiger charge is -2.20. The Morgan fingerprint density at radius 3 is 2.35 bits per heavy atom. The van der Waals surface area contributed by atoms with Crippen LogP contribution in [-0.4, -0.2) is 5.11 Å². The molecule has 2 aromatic rings. The van der Waals surface area contributed by atoms with E-state index in [2.05, 4.69) is 58.4 Å². The lowest BCUT2D eigenvalue weighted by Crippen LogP contribution is -2.07. The van der Waals surface area contributed by atoms with Crippen molar-refractivity contribution in [1.82, 2.24) is 0 Å². The van der Waals surface area contributed by atoms with Crippen LogP contribution in [0.1, 0.15) is 37.5 Å². The molecule has 0 saturated carbocycles. The Morgan fingerprint density at radius 2 is 1.70 bits per heavy atom. The van der Waals surface area contributed by atoms with Crippen molar-refractivity contribution in [3.63, 3.8) is 0 Å². The van der Waals surface area contributed by atoms with Crippen LogP contribution in [0.4, 0.5) is 0 Å². The predicted molar refractivity (Wildman–Crippen MR) is 85.4 cm³/mol. The fraction of sp³-hybridized carbons (Fsp3) is 0.316. The van der Waals surface area contributed by atoms with E-state index in [4.69, 9.17) is 0 Å². The number of aliphatic hydroxyl groups excluding tert-OH is 1. The third kappa shape index (κ3) is 3.71. The second-order valence-electron chi connectivity index (χ2n) is 6.44. The number of benzene rings is 2. The summed E-state index contributed by atoms with van der Waals surface area (Å²) in [5.41, 5.74) is 6.04. The van der Waals surface area contributed by atoms with Gasteiger partial charge in [0, 0.05) is 0 Å². The highest BCUT2D eigenvalue weighted by atomic mass is 16.3. The van der Waals surface area contributed by atoms with E-state index in [1.165, 1.54) is 16.7 Å². The minimum absolute atomic E-state index is 0.0840. The maximum absolute atomic E-state index is 9.25. The molecule has 0 bridgehead atoms. The van der Waals surface area contributed by atoms with Crippen LogP contribution in [0.25, 0.3) is 11.1 Å². The van der Waals surface area contributed by atoms with E-state index in [1.54, 1.807) is 0 Å². The molecule has 1 nitrogen and oxygen atoms in total. The fourth-order valence-electron chi connectivity index (χ4n) is 2.29. The monoisotopic (exact) mass is 267 g/mol. The van der Waals surface area contributed by atoms with Gasteiger partial charge in [0.25, 0.3) is 0 Å². The number of aliphatic hydroxyl groups is 1. The van der Waals surface area contributed by atoms with Gasteiger partial charge in [-0.3, -0.25) is 0 Å². The number of rotatable bonds is 3. The average Bonchev–Trinajstić information content (AvgIpc) is 2.40. The second kappa shape index (κ2) is 5.80. The van der Waals surface area contributed by atoms with Gasteiger partial charge < -0.3 is 5.11 Å². The third-order valence-corrected chi connectivity index (χ3v) is 3.31. The van der Waals surface area contributed by atoms with Gasteiger partial charge in [0.1, 0.15) is 0 Å². The molecular formula is C19H23O. The maximum Gasteiger partial charge on any atom is 0.0682 e. The lowest BCUT2D eigenvalue weighted by molar-refractivity contribution is 0.282. The van der Waals surface area contributed by atoms with E-state index in [9.17, 15) is 5.11 Å². The van der Waals surface area contributed by atoms with Gasteiger partial charge in [0.15, 0.2) is 0 Å². The highest BCUT2D eigenvalue weighted by Gasteiger charge is 2.14. The molecule has 0 aliphatic rings. The van der Waals surface area contributed by atoms with Crippen LogP contribution in [0.3, 0.4) is 0 Å². The van der Waals surface area contributed by atoms with Gasteiger partial charge in [-0.2, -0.15) is 0 Å². The predicted octanol–water partition coefficient (Wildman–Crippen LogP) is 4.75. The summed E-state index contributed by atoms with van der Waals surface area (Å²) in [5, 5.41) is 9.25. The lowest BCUT2D eigenvalue weighted by atomic mass is 9.85. The van der Waals surface area contributed by atoms with Gasteiger partial charge in [0.05, 0.1) is 6.61 Å². The van der Waals surface area contributed by atoms with E-state index in [0.29, 0.717) is 0 Å². The van der Waals surface area contributed by atoms with Gasteiger partial charge in [-0.25, -0.2) is 0 Å². The van der Waals surface area contributed by atoms with Crippen molar-refractivity contribution in [2.24, 2.45) is 5.41 Å². The SMILES string of the molecule is Cc1ccc(-c2cccc(CO)c2)cc1[CH]C(C)(C)C. The van der Waals surface area contributed by atoms with Crippen LogP contribution in [-0.2, 0) is 6.61 Å². The number of hydrogen-bond acceptors (Lipinski definition) is 1. The molecular weight excluding hydrogens is 244 g/mol. The zero-order valence-electron chi connectivity index (χ0n) is 12.8. The van der Waals surface area contributed by atoms with Crippen molar-refractivity contribution < 1.29 is 5.11 Å². The van der Waals surface area contributed by atoms with Crippen LogP contribution in [0.2, 0.25) is 0 Å². The van der Waals surface area contributed by atoms with Crippen molar-refractivity contribution in [1.29, 1.82) is 0 Å². The Morgan fingerprint density at radius 1 is 1.00 bits per heavy atom. The van der Waals surface area contributed by atoms with Crippen molar-refractivity contribution in [2.75, 3.05) is 0 Å². The highest BCUT2D eigenvalue weighted by molar-refractivity contribution is 5.66. The standard InChI is InChI=1S/C19H23O/c1-14-8-9-17(11-18(14)12-19(2,3)4)16-7-5-6-15(10-16)13-20/h5-12,20H,13H2,1-4H3. The average molecular weight is 267 g/mol. The Balaban J connectivity index is 2.40. The molecule has 2 rings (SSSR count). The van der Waals surface area contributed by atoms with Crippen LogP contribution in [0.5, 0.6) is 0 Å². The Kier molecular flexibility index (Phi) is 4.29. The van der Waals surface area contributed by atoms with Crippen molar-refractivity contribution in [3.05, 3.63) is 65.6 Å². The molecule has 0 saturated heterocycles. The zero-order valence-corrected chi connectivity index (χ0v) is 12.8. The fourth-order valence-corrected chi connectivity index (χ4v) is 2.29. The maximum atomic E-state index is 9.25. The number of hydrogen-bond donors (Lipinski definition) is 1. The smallest absolute Gasteiger partial charge is 0.0682 e. The summed E-state index contributed by atoms with van der Waals surface area (Å²) < 4.78 is 0. The molecule has 0 unspecified atom stereocenters. The molecule has 20 heavy (non-hydrogen) atoms. The molecule has 105 valence electrons. The van der Waals surface area contributed by atoms with Crippen molar-refractivity contribution in [3.8, 4) is 11.1 Å². The molecule has 1 radical (unpaired) electrons. The summed E-state index contributed by atoms with van der Waals surface area (Å²) in [6.07, 6.45) is 2.31. The summed E-state index contributed by atoms with van der Waals surface area (Å²) in [6.45, 7) is 8.87. The van der Waals surface area contributed by atoms with E-state index in [-0.39, 0.29) is 12.0 Å². The van der Waals surface area contributed by atoms with Crippen LogP contribution in [0, 0.1) is 18.8 Å². The largest absolute Gasteiger partial charge is 0.392 e. The normalized spacial score (nSPS) is 11.7. The van der Waals surface area contributed by atoms with Crippen LogP contribution < -0.4 is 0 Å². The summed E-state index contributed by atoms with van der Waals surface area (Å²) in [6, 6.07) is 14.6. The zero-order chi connectivity index (χ0) is 14.8. The molecule has 0 atom stereocenters. The minimum Gasteiger partial charge on any atom is -0.392 e. The quantitative estimate of drug-likeness (QED) is 0.850. The molecule has 0 amide bonds. The molecule has 2 aromatic carbocycles. The van der Waals surface area contributed by atoms with E-state index in [0.717, 1.165) is 11.1 Å². The van der Waals surface area contributed by atoms with Crippen molar-refractivity contribution >= 4 is 0 Å². The molecule has 0 aliphatic heterocycles. The van der Waals surface area contributed by atoms with Crippen LogP contribution >= 0.6 is 0 Å². The summed E-state index contributed by atoms with van der Waals surface area (Å²) in [7, 11) is 0. The first kappa shape index (κ1) is 14.8. The Hall–Kier alpha value is -1.60. The molecule has 0 aromatic heterocycles. The Bertz CT molecular complexity index is 591. The topological polar surface area (TPSA) is 20.2 Å². The van der Waals surface area contributed by atoms with Gasteiger partial charge in [0.2, 0.25) is 0 Å². The number of aryl methyl sites for hydroxylation is 1. The summed E-state index contributed by atoms with van der Waals surface area (Å²) >= 11 is 0. The van der Waals surface area contributed by atoms with E-state index >= 15 is 0 Å². The first-order valence-corrected chi connectivity index (χ1v) is 7.06. The van der Waals surface area contributed by atoms with Crippen LogP contribution in [0.15, 0.2) is 42.5 Å². The molecule has 0 aliphatic carbocycles. The minimum atomic E-state index is 0.0840.